The van der Waals surface area contributed by atoms with E-state index in [1.165, 1.54) is 0 Å². The summed E-state index contributed by atoms with van der Waals surface area (Å²) < 4.78 is 11.3. The molecule has 0 aromatic carbocycles. The Kier molecular flexibility index (Phi) is 10.9. The molecule has 6 nitrogen and oxygen atoms in total. The molecule has 3 aliphatic rings. The number of hydrogen-bond acceptors (Lipinski definition) is 6. The molecule has 0 aromatic rings. The topological polar surface area (TPSA) is 63.0 Å². The van der Waals surface area contributed by atoms with Crippen molar-refractivity contribution in [2.45, 2.75) is 32.2 Å². The molecule has 1 aliphatic carbocycles. The SMILES string of the molecule is C/C=C\OCCN(CC1=CC#CCO1)C1CCN(CCNCC2=CC=C(Cl)CC=C2N)CC1. The molecule has 2 aliphatic heterocycles. The normalized spacial score (nSPS) is 19.7. The molecular weight excluding hydrogens is 436 g/mol. The van der Waals surface area contributed by atoms with Gasteiger partial charge in [-0.3, -0.25) is 4.90 Å². The third kappa shape index (κ3) is 8.94. The Balaban J connectivity index is 1.40. The molecular formula is C26H37ClN4O2. The molecule has 0 radical (unpaired) electrons. The predicted molar refractivity (Wildman–Crippen MR) is 135 cm³/mol. The number of halogens is 1. The van der Waals surface area contributed by atoms with Crippen molar-refractivity contribution >= 4 is 11.6 Å². The van der Waals surface area contributed by atoms with E-state index in [0.717, 1.165) is 80.7 Å². The van der Waals surface area contributed by atoms with Crippen LogP contribution in [0, 0.1) is 11.8 Å². The second-order valence-corrected chi connectivity index (χ2v) is 8.94. The first-order chi connectivity index (χ1) is 16.2. The molecule has 3 rings (SSSR count). The van der Waals surface area contributed by atoms with Crippen molar-refractivity contribution in [1.29, 1.82) is 0 Å². The van der Waals surface area contributed by atoms with E-state index in [1.54, 1.807) is 6.26 Å². The molecule has 0 bridgehead atoms. The van der Waals surface area contributed by atoms with Gasteiger partial charge in [-0.2, -0.15) is 0 Å². The summed E-state index contributed by atoms with van der Waals surface area (Å²) in [5.41, 5.74) is 8.06. The zero-order valence-corrected chi connectivity index (χ0v) is 20.4. The van der Waals surface area contributed by atoms with E-state index in [9.17, 15) is 0 Å². The first kappa shape index (κ1) is 25.5. The van der Waals surface area contributed by atoms with Gasteiger partial charge < -0.3 is 25.4 Å². The van der Waals surface area contributed by atoms with Crippen LogP contribution in [0.2, 0.25) is 0 Å². The van der Waals surface area contributed by atoms with Crippen LogP contribution in [0.25, 0.3) is 0 Å². The summed E-state index contributed by atoms with van der Waals surface area (Å²) in [5, 5.41) is 4.35. The van der Waals surface area contributed by atoms with Crippen LogP contribution in [0.1, 0.15) is 26.2 Å². The summed E-state index contributed by atoms with van der Waals surface area (Å²) in [6.07, 6.45) is 14.5. The number of ether oxygens (including phenoxy) is 2. The quantitative estimate of drug-likeness (QED) is 0.258. The second-order valence-electron chi connectivity index (χ2n) is 8.45. The largest absolute Gasteiger partial charge is 0.500 e. The molecule has 0 unspecified atom stereocenters. The Bertz CT molecular complexity index is 842. The van der Waals surface area contributed by atoms with Gasteiger partial charge in [0.1, 0.15) is 12.4 Å². The van der Waals surface area contributed by atoms with Gasteiger partial charge in [-0.15, -0.1) is 0 Å². The standard InChI is InChI=1S/C26H37ClN4O2/c1-2-17-32-19-16-31(21-25-5-3-4-18-33-25)24-10-13-30(14-11-24)15-12-29-20-22-6-7-23(27)8-9-26(22)28/h2,5-7,9,17,24,29H,8,10-16,18-21,28H2,1H3/b17-2-. The molecule has 0 spiro atoms. The first-order valence-corrected chi connectivity index (χ1v) is 12.2. The number of nitrogens with two attached hydrogens (primary N) is 1. The van der Waals surface area contributed by atoms with Gasteiger partial charge in [-0.25, -0.2) is 0 Å². The summed E-state index contributed by atoms with van der Waals surface area (Å²) in [6, 6.07) is 0.528. The zero-order valence-electron chi connectivity index (χ0n) is 19.7. The van der Waals surface area contributed by atoms with Crippen LogP contribution in [0.5, 0.6) is 0 Å². The molecule has 33 heavy (non-hydrogen) atoms. The van der Waals surface area contributed by atoms with Gasteiger partial charge >= 0.3 is 0 Å². The molecule has 0 amide bonds. The van der Waals surface area contributed by atoms with E-state index in [2.05, 4.69) is 27.0 Å². The average Bonchev–Trinajstić information content (AvgIpc) is 3.00. The van der Waals surface area contributed by atoms with Crippen LogP contribution in [0.4, 0.5) is 0 Å². The summed E-state index contributed by atoms with van der Waals surface area (Å²) in [5.74, 6) is 6.95. The van der Waals surface area contributed by atoms with Gasteiger partial charge in [-0.1, -0.05) is 41.7 Å². The fourth-order valence-corrected chi connectivity index (χ4v) is 4.32. The van der Waals surface area contributed by atoms with Gasteiger partial charge in [-0.05, 0) is 44.5 Å². The Hall–Kier alpha value is -2.17. The number of nitrogens with zero attached hydrogens (tertiary/aromatic N) is 2. The lowest BCUT2D eigenvalue weighted by Crippen LogP contribution is -2.48. The number of hydrogen-bond donors (Lipinski definition) is 2. The molecule has 3 N–H and O–H groups in total. The van der Waals surface area contributed by atoms with Crippen LogP contribution in [-0.4, -0.2) is 74.9 Å². The molecule has 7 heteroatoms. The fourth-order valence-electron chi connectivity index (χ4n) is 4.18. The number of piperidine rings is 1. The minimum absolute atomic E-state index is 0.488. The highest BCUT2D eigenvalue weighted by Gasteiger charge is 2.25. The Morgan fingerprint density at radius 2 is 2.21 bits per heavy atom. The lowest BCUT2D eigenvalue weighted by atomic mass is 10.0. The average molecular weight is 473 g/mol. The minimum Gasteiger partial charge on any atom is -0.500 e. The van der Waals surface area contributed by atoms with E-state index < -0.39 is 0 Å². The van der Waals surface area contributed by atoms with Crippen LogP contribution in [0.3, 0.4) is 0 Å². The second kappa shape index (κ2) is 14.2. The van der Waals surface area contributed by atoms with Crippen LogP contribution < -0.4 is 11.1 Å². The van der Waals surface area contributed by atoms with Crippen LogP contribution >= 0.6 is 11.6 Å². The van der Waals surface area contributed by atoms with Crippen molar-refractivity contribution in [2.24, 2.45) is 5.73 Å². The Morgan fingerprint density at radius 1 is 1.36 bits per heavy atom. The number of allylic oxidation sites excluding steroid dienone is 6. The number of likely N-dealkylation sites (tertiary alicyclic amines) is 1. The van der Waals surface area contributed by atoms with Crippen molar-refractivity contribution in [3.05, 3.63) is 58.7 Å². The van der Waals surface area contributed by atoms with Gasteiger partial charge in [0.15, 0.2) is 0 Å². The Labute approximate surface area is 203 Å². The first-order valence-electron chi connectivity index (χ1n) is 11.9. The highest BCUT2D eigenvalue weighted by atomic mass is 35.5. The Morgan fingerprint density at radius 3 is 2.97 bits per heavy atom. The zero-order chi connectivity index (χ0) is 23.3. The van der Waals surface area contributed by atoms with Gasteiger partial charge in [0, 0.05) is 55.4 Å². The highest BCUT2D eigenvalue weighted by Crippen LogP contribution is 2.19. The fraction of sp³-hybridized carbons (Fsp3) is 0.538. The van der Waals surface area contributed by atoms with Crippen molar-refractivity contribution in [3.63, 3.8) is 0 Å². The van der Waals surface area contributed by atoms with E-state index >= 15 is 0 Å². The number of rotatable bonds is 12. The maximum absolute atomic E-state index is 6.14. The molecule has 2 heterocycles. The third-order valence-corrected chi connectivity index (χ3v) is 6.38. The monoisotopic (exact) mass is 472 g/mol. The molecule has 1 fully saturated rings. The smallest absolute Gasteiger partial charge is 0.149 e. The lowest BCUT2D eigenvalue weighted by molar-refractivity contribution is 0.0799. The predicted octanol–water partition coefficient (Wildman–Crippen LogP) is 3.11. The van der Waals surface area contributed by atoms with Crippen molar-refractivity contribution in [1.82, 2.24) is 15.1 Å². The maximum atomic E-state index is 6.14. The highest BCUT2D eigenvalue weighted by molar-refractivity contribution is 6.29. The maximum Gasteiger partial charge on any atom is 0.149 e. The van der Waals surface area contributed by atoms with Gasteiger partial charge in [0.2, 0.25) is 0 Å². The van der Waals surface area contributed by atoms with Crippen molar-refractivity contribution < 1.29 is 9.47 Å². The van der Waals surface area contributed by atoms with Crippen LogP contribution in [0.15, 0.2) is 58.7 Å². The summed E-state index contributed by atoms with van der Waals surface area (Å²) in [4.78, 5) is 5.03. The van der Waals surface area contributed by atoms with E-state index in [0.29, 0.717) is 25.7 Å². The van der Waals surface area contributed by atoms with Crippen molar-refractivity contribution in [2.75, 3.05) is 59.0 Å². The van der Waals surface area contributed by atoms with E-state index in [4.69, 9.17) is 26.8 Å². The number of nitrogens with one attached hydrogen (secondary N) is 1. The summed E-state index contributed by atoms with van der Waals surface area (Å²) in [7, 11) is 0. The molecule has 0 atom stereocenters. The van der Waals surface area contributed by atoms with Crippen molar-refractivity contribution in [3.8, 4) is 11.8 Å². The summed E-state index contributed by atoms with van der Waals surface area (Å²) >= 11 is 6.11. The summed E-state index contributed by atoms with van der Waals surface area (Å²) in [6.45, 7) is 9.74. The van der Waals surface area contributed by atoms with Gasteiger partial charge in [0.25, 0.3) is 0 Å². The van der Waals surface area contributed by atoms with E-state index in [1.807, 2.05) is 37.3 Å². The van der Waals surface area contributed by atoms with Gasteiger partial charge in [0.05, 0.1) is 19.4 Å². The van der Waals surface area contributed by atoms with E-state index in [-0.39, 0.29) is 0 Å². The molecule has 0 saturated carbocycles. The molecule has 1 saturated heterocycles. The molecule has 0 aromatic heterocycles. The third-order valence-electron chi connectivity index (χ3n) is 6.10. The minimum atomic E-state index is 0.488. The van der Waals surface area contributed by atoms with Crippen LogP contribution in [-0.2, 0) is 9.47 Å². The molecule has 180 valence electrons. The lowest BCUT2D eigenvalue weighted by Gasteiger charge is -2.38.